The quantitative estimate of drug-likeness (QED) is 0.834. The Labute approximate surface area is 105 Å². The van der Waals surface area contributed by atoms with Crippen molar-refractivity contribution >= 4 is 17.7 Å². The van der Waals surface area contributed by atoms with Gasteiger partial charge in [0.2, 0.25) is 0 Å². The number of nitrogens with one attached hydrogen (secondary N) is 1. The molecule has 0 spiro atoms. The molecule has 0 aliphatic carbocycles. The number of hydrogen-bond donors (Lipinski definition) is 1. The molecule has 0 saturated carbocycles. The minimum absolute atomic E-state index is 0.145. The van der Waals surface area contributed by atoms with Gasteiger partial charge in [-0.15, -0.1) is 0 Å². The highest BCUT2D eigenvalue weighted by molar-refractivity contribution is 5.91. The van der Waals surface area contributed by atoms with Gasteiger partial charge in [-0.05, 0) is 25.1 Å². The number of methoxy groups -OCH3 is 1. The number of likely N-dealkylation sites (N-methyl/N-ethyl adjacent to an activating group) is 1. The van der Waals surface area contributed by atoms with E-state index in [9.17, 15) is 14.0 Å². The summed E-state index contributed by atoms with van der Waals surface area (Å²) in [4.78, 5) is 24.1. The van der Waals surface area contributed by atoms with E-state index in [-0.39, 0.29) is 6.54 Å². The zero-order chi connectivity index (χ0) is 13.5. The van der Waals surface area contributed by atoms with Gasteiger partial charge in [0.1, 0.15) is 12.4 Å². The summed E-state index contributed by atoms with van der Waals surface area (Å²) in [5.41, 5.74) is 0.336. The monoisotopic (exact) mass is 254 g/mol. The van der Waals surface area contributed by atoms with Crippen LogP contribution in [0.2, 0.25) is 0 Å². The summed E-state index contributed by atoms with van der Waals surface area (Å²) in [5, 5.41) is 2.50. The second-order valence-corrected chi connectivity index (χ2v) is 3.53. The minimum atomic E-state index is -0.508. The highest BCUT2D eigenvalue weighted by Crippen LogP contribution is 2.10. The van der Waals surface area contributed by atoms with Gasteiger partial charge in [0.25, 0.3) is 0 Å². The number of rotatable bonds is 4. The fourth-order valence-corrected chi connectivity index (χ4v) is 1.32. The van der Waals surface area contributed by atoms with Gasteiger partial charge in [-0.25, -0.2) is 9.18 Å². The van der Waals surface area contributed by atoms with E-state index in [0.717, 1.165) is 0 Å². The fraction of sp³-hybridized carbons (Fsp3) is 0.333. The number of esters is 1. The van der Waals surface area contributed by atoms with E-state index in [2.05, 4.69) is 10.1 Å². The van der Waals surface area contributed by atoms with Crippen molar-refractivity contribution in [3.63, 3.8) is 0 Å². The third-order valence-electron chi connectivity index (χ3n) is 2.29. The third-order valence-corrected chi connectivity index (χ3v) is 2.29. The summed E-state index contributed by atoms with van der Waals surface area (Å²) in [6.07, 6.45) is 0. The standard InChI is InChI=1S/C12H15FN2O3/c1-3-15(8-11(16)18-2)12(17)14-10-6-4-5-9(13)7-10/h4-7H,3,8H2,1-2H3,(H,14,17). The van der Waals surface area contributed by atoms with Crippen LogP contribution in [0, 0.1) is 5.82 Å². The molecular weight excluding hydrogens is 239 g/mol. The maximum atomic E-state index is 12.9. The van der Waals surface area contributed by atoms with Gasteiger partial charge in [-0.3, -0.25) is 4.79 Å². The first kappa shape index (κ1) is 14.0. The van der Waals surface area contributed by atoms with Gasteiger partial charge in [0.15, 0.2) is 0 Å². The Balaban J connectivity index is 2.65. The lowest BCUT2D eigenvalue weighted by molar-refractivity contribution is -0.141. The number of carbonyl (C=O) groups excluding carboxylic acids is 2. The average Bonchev–Trinajstić information content (AvgIpc) is 2.35. The van der Waals surface area contributed by atoms with Crippen LogP contribution in [0.25, 0.3) is 0 Å². The molecule has 1 aromatic carbocycles. The average molecular weight is 254 g/mol. The van der Waals surface area contributed by atoms with Crippen molar-refractivity contribution in [3.05, 3.63) is 30.1 Å². The maximum absolute atomic E-state index is 12.9. The lowest BCUT2D eigenvalue weighted by atomic mass is 10.3. The van der Waals surface area contributed by atoms with Gasteiger partial charge in [-0.1, -0.05) is 6.07 Å². The predicted molar refractivity (Wildman–Crippen MR) is 64.7 cm³/mol. The zero-order valence-corrected chi connectivity index (χ0v) is 10.3. The predicted octanol–water partition coefficient (Wildman–Crippen LogP) is 1.85. The van der Waals surface area contributed by atoms with Crippen molar-refractivity contribution in [2.24, 2.45) is 0 Å². The molecule has 5 nitrogen and oxygen atoms in total. The van der Waals surface area contributed by atoms with Crippen LogP contribution in [-0.2, 0) is 9.53 Å². The fourth-order valence-electron chi connectivity index (χ4n) is 1.32. The van der Waals surface area contributed by atoms with Crippen molar-refractivity contribution in [3.8, 4) is 0 Å². The van der Waals surface area contributed by atoms with Crippen molar-refractivity contribution < 1.29 is 18.7 Å². The SMILES string of the molecule is CCN(CC(=O)OC)C(=O)Nc1cccc(F)c1. The van der Waals surface area contributed by atoms with Crippen LogP contribution in [0.4, 0.5) is 14.9 Å². The Morgan fingerprint density at radius 3 is 2.72 bits per heavy atom. The van der Waals surface area contributed by atoms with Crippen molar-refractivity contribution in [2.45, 2.75) is 6.92 Å². The van der Waals surface area contributed by atoms with Gasteiger partial charge in [0.05, 0.1) is 7.11 Å². The molecule has 0 bridgehead atoms. The summed E-state index contributed by atoms with van der Waals surface area (Å²) in [6, 6.07) is 5.05. The van der Waals surface area contributed by atoms with Crippen LogP contribution in [0.3, 0.4) is 0 Å². The number of hydrogen-bond acceptors (Lipinski definition) is 3. The first-order valence-electron chi connectivity index (χ1n) is 5.45. The number of ether oxygens (including phenoxy) is 1. The van der Waals surface area contributed by atoms with E-state index in [0.29, 0.717) is 12.2 Å². The van der Waals surface area contributed by atoms with E-state index in [1.165, 1.54) is 30.2 Å². The molecule has 0 saturated heterocycles. The smallest absolute Gasteiger partial charge is 0.325 e. The number of halogens is 1. The number of urea groups is 1. The lowest BCUT2D eigenvalue weighted by Crippen LogP contribution is -2.39. The Morgan fingerprint density at radius 1 is 1.44 bits per heavy atom. The number of amides is 2. The molecular formula is C12H15FN2O3. The number of benzene rings is 1. The molecule has 6 heteroatoms. The molecule has 0 heterocycles. The Bertz CT molecular complexity index is 437. The highest BCUT2D eigenvalue weighted by atomic mass is 19.1. The van der Waals surface area contributed by atoms with Crippen molar-refractivity contribution in [2.75, 3.05) is 25.5 Å². The summed E-state index contributed by atoms with van der Waals surface area (Å²) < 4.78 is 17.4. The summed E-state index contributed by atoms with van der Waals surface area (Å²) in [7, 11) is 1.25. The normalized spacial score (nSPS) is 9.72. The number of anilines is 1. The van der Waals surface area contributed by atoms with Crippen LogP contribution in [0.15, 0.2) is 24.3 Å². The first-order valence-corrected chi connectivity index (χ1v) is 5.45. The molecule has 0 aliphatic heterocycles. The molecule has 0 aromatic heterocycles. The van der Waals surface area contributed by atoms with E-state index in [4.69, 9.17) is 0 Å². The largest absolute Gasteiger partial charge is 0.468 e. The van der Waals surface area contributed by atoms with Crippen LogP contribution in [0.5, 0.6) is 0 Å². The first-order chi connectivity index (χ1) is 8.56. The van der Waals surface area contributed by atoms with Crippen LogP contribution in [-0.4, -0.2) is 37.1 Å². The summed E-state index contributed by atoms with van der Waals surface area (Å²) >= 11 is 0. The Morgan fingerprint density at radius 2 is 2.17 bits per heavy atom. The molecule has 1 rings (SSSR count). The van der Waals surface area contributed by atoms with Gasteiger partial charge in [0, 0.05) is 12.2 Å². The minimum Gasteiger partial charge on any atom is -0.468 e. The zero-order valence-electron chi connectivity index (χ0n) is 10.3. The van der Waals surface area contributed by atoms with Crippen LogP contribution >= 0.6 is 0 Å². The van der Waals surface area contributed by atoms with E-state index in [1.54, 1.807) is 13.0 Å². The van der Waals surface area contributed by atoms with Gasteiger partial charge >= 0.3 is 12.0 Å². The van der Waals surface area contributed by atoms with Gasteiger partial charge in [-0.2, -0.15) is 0 Å². The topological polar surface area (TPSA) is 58.6 Å². The second kappa shape index (κ2) is 6.58. The molecule has 0 aliphatic rings. The Hall–Kier alpha value is -2.11. The molecule has 0 fully saturated rings. The molecule has 1 aromatic rings. The van der Waals surface area contributed by atoms with E-state index >= 15 is 0 Å². The molecule has 2 amide bonds. The maximum Gasteiger partial charge on any atom is 0.325 e. The van der Waals surface area contributed by atoms with Gasteiger partial charge < -0.3 is 15.0 Å². The summed E-state index contributed by atoms with van der Waals surface area (Å²) in [6.45, 7) is 1.93. The highest BCUT2D eigenvalue weighted by Gasteiger charge is 2.15. The molecule has 0 atom stereocenters. The summed E-state index contributed by atoms with van der Waals surface area (Å²) in [5.74, 6) is -0.949. The lowest BCUT2D eigenvalue weighted by Gasteiger charge is -2.19. The number of carbonyl (C=O) groups is 2. The Kier molecular flexibility index (Phi) is 5.10. The van der Waals surface area contributed by atoms with Crippen molar-refractivity contribution in [1.82, 2.24) is 4.90 Å². The van der Waals surface area contributed by atoms with E-state index < -0.39 is 17.8 Å². The van der Waals surface area contributed by atoms with Crippen molar-refractivity contribution in [1.29, 1.82) is 0 Å². The molecule has 1 N–H and O–H groups in total. The van der Waals surface area contributed by atoms with Crippen LogP contribution in [0.1, 0.15) is 6.92 Å². The van der Waals surface area contributed by atoms with Crippen LogP contribution < -0.4 is 5.32 Å². The molecule has 0 radical (unpaired) electrons. The van der Waals surface area contributed by atoms with E-state index in [1.807, 2.05) is 0 Å². The third kappa shape index (κ3) is 4.04. The number of nitrogens with zero attached hydrogens (tertiary/aromatic N) is 1. The molecule has 18 heavy (non-hydrogen) atoms. The molecule has 98 valence electrons. The second-order valence-electron chi connectivity index (χ2n) is 3.53. The molecule has 0 unspecified atom stereocenters.